The lowest BCUT2D eigenvalue weighted by Crippen LogP contribution is -2.53. The van der Waals surface area contributed by atoms with Gasteiger partial charge in [0.2, 0.25) is 11.8 Å². The number of rotatable bonds is 11. The van der Waals surface area contributed by atoms with E-state index in [0.29, 0.717) is 0 Å². The highest BCUT2D eigenvalue weighted by Crippen LogP contribution is 2.30. The van der Waals surface area contributed by atoms with Crippen LogP contribution >= 0.6 is 23.2 Å². The zero-order valence-electron chi connectivity index (χ0n) is 23.2. The first-order valence-corrected chi connectivity index (χ1v) is 15.4. The summed E-state index contributed by atoms with van der Waals surface area (Å²) in [6, 6.07) is 28.2. The van der Waals surface area contributed by atoms with Crippen LogP contribution in [0.15, 0.2) is 108 Å². The molecule has 7 nitrogen and oxygen atoms in total. The zero-order chi connectivity index (χ0) is 30.3. The van der Waals surface area contributed by atoms with Gasteiger partial charge in [-0.15, -0.1) is 0 Å². The highest BCUT2D eigenvalue weighted by molar-refractivity contribution is 7.92. The highest BCUT2D eigenvalue weighted by atomic mass is 35.5. The van der Waals surface area contributed by atoms with Crippen molar-refractivity contribution in [3.8, 4) is 0 Å². The molecule has 0 aromatic heterocycles. The van der Waals surface area contributed by atoms with Crippen LogP contribution < -0.4 is 9.62 Å². The number of anilines is 1. The molecule has 1 N–H and O–H groups in total. The number of sulfonamides is 1. The Morgan fingerprint density at radius 2 is 1.40 bits per heavy atom. The number of halogens is 2. The minimum atomic E-state index is -4.24. The Kier molecular flexibility index (Phi) is 10.3. The number of carbonyl (C=O) groups excluding carboxylic acids is 2. The fourth-order valence-corrected chi connectivity index (χ4v) is 6.59. The predicted molar refractivity (Wildman–Crippen MR) is 167 cm³/mol. The molecule has 0 aliphatic heterocycles. The molecule has 4 rings (SSSR count). The van der Waals surface area contributed by atoms with Gasteiger partial charge in [0, 0.05) is 30.1 Å². The Morgan fingerprint density at radius 1 is 0.810 bits per heavy atom. The third-order valence-corrected chi connectivity index (χ3v) is 8.92. The van der Waals surface area contributed by atoms with E-state index >= 15 is 0 Å². The Hall–Kier alpha value is -3.85. The molecule has 2 amide bonds. The maximum Gasteiger partial charge on any atom is 0.264 e. The number of nitrogens with zero attached hydrogens (tertiary/aromatic N) is 2. The molecule has 0 aliphatic carbocycles. The van der Waals surface area contributed by atoms with Gasteiger partial charge in [-0.1, -0.05) is 102 Å². The molecule has 0 unspecified atom stereocenters. The van der Waals surface area contributed by atoms with Gasteiger partial charge in [-0.2, -0.15) is 0 Å². The van der Waals surface area contributed by atoms with Gasteiger partial charge in [-0.25, -0.2) is 8.42 Å². The van der Waals surface area contributed by atoms with Crippen LogP contribution in [0.4, 0.5) is 5.69 Å². The second kappa shape index (κ2) is 13.9. The maximum absolute atomic E-state index is 14.3. The summed E-state index contributed by atoms with van der Waals surface area (Å²) in [5.74, 6) is -0.945. The molecule has 0 radical (unpaired) electrons. The lowest BCUT2D eigenvalue weighted by Gasteiger charge is -2.33. The molecule has 218 valence electrons. The van der Waals surface area contributed by atoms with Gasteiger partial charge in [0.15, 0.2) is 0 Å². The minimum Gasteiger partial charge on any atom is -0.357 e. The maximum atomic E-state index is 14.3. The van der Waals surface area contributed by atoms with Crippen molar-refractivity contribution in [2.45, 2.75) is 30.8 Å². The third-order valence-electron chi connectivity index (χ3n) is 6.70. The second-order valence-corrected chi connectivity index (χ2v) is 12.5. The highest BCUT2D eigenvalue weighted by Gasteiger charge is 2.34. The van der Waals surface area contributed by atoms with E-state index in [9.17, 15) is 18.0 Å². The number of carbonyl (C=O) groups is 2. The normalized spacial score (nSPS) is 11.9. The van der Waals surface area contributed by atoms with Crippen molar-refractivity contribution in [1.29, 1.82) is 0 Å². The molecule has 10 heteroatoms. The molecule has 0 bridgehead atoms. The standard InChI is InChI=1S/C32H31Cl2N3O4S/c1-23-10-9-13-25(16-23)21-36(30(32(39)35-2)17-24-11-5-3-6-12-24)31(38)22-37(28-19-26(33)18-27(34)20-28)42(40,41)29-14-7-4-8-15-29/h3-16,18-20,30H,17,21-22H2,1-2H3,(H,35,39)/t30-/m1/s1. The lowest BCUT2D eigenvalue weighted by molar-refractivity contribution is -0.139. The minimum absolute atomic E-state index is 0.00808. The van der Waals surface area contributed by atoms with Gasteiger partial charge >= 0.3 is 0 Å². The fourth-order valence-electron chi connectivity index (χ4n) is 4.66. The SMILES string of the molecule is CNC(=O)[C@@H](Cc1ccccc1)N(Cc1cccc(C)c1)C(=O)CN(c1cc(Cl)cc(Cl)c1)S(=O)(=O)c1ccccc1. The monoisotopic (exact) mass is 623 g/mol. The van der Waals surface area contributed by atoms with Crippen molar-refractivity contribution >= 4 is 50.7 Å². The van der Waals surface area contributed by atoms with Crippen molar-refractivity contribution < 1.29 is 18.0 Å². The third kappa shape index (κ3) is 7.70. The van der Waals surface area contributed by atoms with Crippen molar-refractivity contribution in [2.75, 3.05) is 17.9 Å². The van der Waals surface area contributed by atoms with E-state index in [1.54, 1.807) is 18.2 Å². The Morgan fingerprint density at radius 3 is 2.00 bits per heavy atom. The van der Waals surface area contributed by atoms with Gasteiger partial charge in [0.25, 0.3) is 10.0 Å². The molecule has 0 fully saturated rings. The van der Waals surface area contributed by atoms with E-state index in [1.807, 2.05) is 61.5 Å². The summed E-state index contributed by atoms with van der Waals surface area (Å²) < 4.78 is 28.9. The van der Waals surface area contributed by atoms with E-state index in [2.05, 4.69) is 5.32 Å². The topological polar surface area (TPSA) is 86.8 Å². The Labute approximate surface area is 256 Å². The average molecular weight is 625 g/mol. The van der Waals surface area contributed by atoms with Gasteiger partial charge < -0.3 is 10.2 Å². The molecule has 0 spiro atoms. The quantitative estimate of drug-likeness (QED) is 0.226. The van der Waals surface area contributed by atoms with Gasteiger partial charge in [-0.3, -0.25) is 13.9 Å². The zero-order valence-corrected chi connectivity index (χ0v) is 25.5. The first kappa shape index (κ1) is 31.1. The van der Waals surface area contributed by atoms with E-state index in [-0.39, 0.29) is 39.5 Å². The van der Waals surface area contributed by atoms with Crippen LogP contribution in [0.1, 0.15) is 16.7 Å². The van der Waals surface area contributed by atoms with Gasteiger partial charge in [0.05, 0.1) is 10.6 Å². The first-order valence-electron chi connectivity index (χ1n) is 13.2. The molecule has 0 saturated heterocycles. The molecular weight excluding hydrogens is 593 g/mol. The van der Waals surface area contributed by atoms with Crippen LogP contribution in [-0.4, -0.2) is 44.8 Å². The van der Waals surface area contributed by atoms with Crippen LogP contribution in [0.3, 0.4) is 0 Å². The van der Waals surface area contributed by atoms with E-state index in [1.165, 1.54) is 42.3 Å². The molecule has 0 saturated carbocycles. The molecule has 0 heterocycles. The number of amides is 2. The number of hydrogen-bond acceptors (Lipinski definition) is 4. The summed E-state index contributed by atoms with van der Waals surface area (Å²) >= 11 is 12.5. The van der Waals surface area contributed by atoms with Crippen molar-refractivity contribution in [3.05, 3.63) is 130 Å². The number of aryl methyl sites for hydroxylation is 1. The van der Waals surface area contributed by atoms with Crippen LogP contribution in [0.2, 0.25) is 10.0 Å². The predicted octanol–water partition coefficient (Wildman–Crippen LogP) is 5.88. The van der Waals surface area contributed by atoms with Gasteiger partial charge in [-0.05, 0) is 48.4 Å². The average Bonchev–Trinajstić information content (AvgIpc) is 2.97. The molecule has 0 aliphatic rings. The summed E-state index contributed by atoms with van der Waals surface area (Å²) in [5.41, 5.74) is 2.76. The van der Waals surface area contributed by atoms with E-state index in [0.717, 1.165) is 21.0 Å². The number of nitrogens with one attached hydrogen (secondary N) is 1. The lowest BCUT2D eigenvalue weighted by atomic mass is 10.0. The molecule has 4 aromatic rings. The van der Waals surface area contributed by atoms with Crippen LogP contribution in [0.25, 0.3) is 0 Å². The van der Waals surface area contributed by atoms with Crippen molar-refractivity contribution in [2.24, 2.45) is 0 Å². The van der Waals surface area contributed by atoms with Gasteiger partial charge in [0.1, 0.15) is 12.6 Å². The smallest absolute Gasteiger partial charge is 0.264 e. The van der Waals surface area contributed by atoms with Crippen molar-refractivity contribution in [1.82, 2.24) is 10.2 Å². The number of hydrogen-bond donors (Lipinski definition) is 1. The molecule has 1 atom stereocenters. The molecule has 42 heavy (non-hydrogen) atoms. The summed E-state index contributed by atoms with van der Waals surface area (Å²) in [6.45, 7) is 1.43. The Bertz CT molecular complexity index is 1630. The van der Waals surface area contributed by atoms with E-state index in [4.69, 9.17) is 23.2 Å². The number of likely N-dealkylation sites (N-methyl/N-ethyl adjacent to an activating group) is 1. The van der Waals surface area contributed by atoms with Crippen LogP contribution in [0, 0.1) is 6.92 Å². The van der Waals surface area contributed by atoms with E-state index < -0.39 is 28.5 Å². The summed E-state index contributed by atoms with van der Waals surface area (Å²) in [7, 11) is -2.73. The second-order valence-electron chi connectivity index (χ2n) is 9.78. The summed E-state index contributed by atoms with van der Waals surface area (Å²) in [5, 5.41) is 3.09. The summed E-state index contributed by atoms with van der Waals surface area (Å²) in [4.78, 5) is 29.0. The summed E-state index contributed by atoms with van der Waals surface area (Å²) in [6.07, 6.45) is 0.229. The van der Waals surface area contributed by atoms with Crippen molar-refractivity contribution in [3.63, 3.8) is 0 Å². The largest absolute Gasteiger partial charge is 0.357 e. The van der Waals surface area contributed by atoms with Crippen LogP contribution in [0.5, 0.6) is 0 Å². The fraction of sp³-hybridized carbons (Fsp3) is 0.188. The first-order chi connectivity index (χ1) is 20.1. The molecular formula is C32H31Cl2N3O4S. The molecule has 4 aromatic carbocycles. The Balaban J connectivity index is 1.81. The number of benzene rings is 4. The van der Waals surface area contributed by atoms with Crippen LogP contribution in [-0.2, 0) is 32.6 Å².